The van der Waals surface area contributed by atoms with Gasteiger partial charge in [-0.25, -0.2) is 4.39 Å². The number of aliphatic hydroxyl groups excluding tert-OH is 1. The Kier molecular flexibility index (Phi) is 4.42. The fraction of sp³-hybridized carbons (Fsp3) is 0.455. The Labute approximate surface area is 93.5 Å². The molecule has 0 spiro atoms. The van der Waals surface area contributed by atoms with Crippen molar-refractivity contribution >= 4 is 11.8 Å². The van der Waals surface area contributed by atoms with Crippen LogP contribution < -0.4 is 4.74 Å². The molecule has 0 heterocycles. The van der Waals surface area contributed by atoms with Gasteiger partial charge in [0.1, 0.15) is 11.6 Å². The lowest BCUT2D eigenvalue weighted by Crippen LogP contribution is -2.07. The molecular weight excluding hydrogens is 215 g/mol. The number of aliphatic hydroxyl groups is 1. The van der Waals surface area contributed by atoms with Crippen LogP contribution in [0.15, 0.2) is 17.0 Å². The fourth-order valence-electron chi connectivity index (χ4n) is 1.41. The number of halogens is 1. The van der Waals surface area contributed by atoms with Gasteiger partial charge in [0, 0.05) is 6.42 Å². The van der Waals surface area contributed by atoms with Gasteiger partial charge in [-0.3, -0.25) is 0 Å². The second-order valence-corrected chi connectivity index (χ2v) is 4.14. The van der Waals surface area contributed by atoms with E-state index >= 15 is 0 Å². The molecule has 4 heteroatoms. The molecule has 0 saturated carbocycles. The Balaban J connectivity index is 3.11. The summed E-state index contributed by atoms with van der Waals surface area (Å²) >= 11 is 1.31. The van der Waals surface area contributed by atoms with E-state index in [1.165, 1.54) is 18.9 Å². The van der Waals surface area contributed by atoms with Gasteiger partial charge in [-0.1, -0.05) is 6.07 Å². The van der Waals surface area contributed by atoms with Gasteiger partial charge >= 0.3 is 0 Å². The van der Waals surface area contributed by atoms with Gasteiger partial charge < -0.3 is 9.84 Å². The Hall–Kier alpha value is -0.740. The minimum atomic E-state index is -0.539. The van der Waals surface area contributed by atoms with Crippen molar-refractivity contribution < 1.29 is 14.2 Å². The second kappa shape index (κ2) is 5.37. The molecule has 0 aromatic heterocycles. The summed E-state index contributed by atoms with van der Waals surface area (Å²) in [6.07, 6.45) is 1.58. The van der Waals surface area contributed by atoms with Gasteiger partial charge in [0.25, 0.3) is 0 Å². The lowest BCUT2D eigenvalue weighted by atomic mass is 10.1. The molecule has 2 nitrogen and oxygen atoms in total. The minimum absolute atomic E-state index is 0.289. The molecule has 0 fully saturated rings. The van der Waals surface area contributed by atoms with E-state index in [9.17, 15) is 9.50 Å². The molecule has 15 heavy (non-hydrogen) atoms. The summed E-state index contributed by atoms with van der Waals surface area (Å²) in [6, 6.07) is 3.38. The largest absolute Gasteiger partial charge is 0.495 e. The van der Waals surface area contributed by atoms with Crippen molar-refractivity contribution in [2.75, 3.05) is 13.4 Å². The number of thioether (sulfide) groups is 1. The first kappa shape index (κ1) is 12.3. The van der Waals surface area contributed by atoms with Crippen molar-refractivity contribution in [2.45, 2.75) is 24.3 Å². The highest BCUT2D eigenvalue weighted by molar-refractivity contribution is 7.98. The first-order chi connectivity index (χ1) is 7.10. The molecule has 84 valence electrons. The van der Waals surface area contributed by atoms with Crippen LogP contribution >= 0.6 is 11.8 Å². The summed E-state index contributed by atoms with van der Waals surface area (Å²) in [5, 5.41) is 9.22. The summed E-state index contributed by atoms with van der Waals surface area (Å²) in [6.45, 7) is 1.64. The number of ether oxygens (including phenoxy) is 1. The average molecular weight is 230 g/mol. The molecule has 1 unspecified atom stereocenters. The maximum atomic E-state index is 13.9. The predicted octanol–water partition coefficient (Wildman–Crippen LogP) is 2.48. The maximum Gasteiger partial charge on any atom is 0.143 e. The molecule has 1 aromatic carbocycles. The normalized spacial score (nSPS) is 12.6. The zero-order valence-corrected chi connectivity index (χ0v) is 9.90. The van der Waals surface area contributed by atoms with E-state index in [1.54, 1.807) is 25.3 Å². The number of benzene rings is 1. The topological polar surface area (TPSA) is 29.5 Å². The van der Waals surface area contributed by atoms with E-state index < -0.39 is 6.10 Å². The van der Waals surface area contributed by atoms with Crippen molar-refractivity contribution in [2.24, 2.45) is 0 Å². The minimum Gasteiger partial charge on any atom is -0.495 e. The third kappa shape index (κ3) is 2.86. The Morgan fingerprint density at radius 1 is 1.53 bits per heavy atom. The van der Waals surface area contributed by atoms with Crippen LogP contribution in [0, 0.1) is 5.82 Å². The molecule has 0 aliphatic rings. The standard InChI is InChI=1S/C11H15FO2S/c1-7(13)6-8-4-5-9(14-2)11(15-3)10(8)12/h4-5,7,13H,6H2,1-3H3. The predicted molar refractivity (Wildman–Crippen MR) is 60.1 cm³/mol. The van der Waals surface area contributed by atoms with E-state index in [2.05, 4.69) is 0 Å². The number of hydrogen-bond acceptors (Lipinski definition) is 3. The molecule has 0 aliphatic carbocycles. The molecular formula is C11H15FO2S. The Morgan fingerprint density at radius 2 is 2.20 bits per heavy atom. The maximum absolute atomic E-state index is 13.9. The van der Waals surface area contributed by atoms with Crippen LogP contribution in [0.3, 0.4) is 0 Å². The highest BCUT2D eigenvalue weighted by Gasteiger charge is 2.14. The molecule has 1 atom stereocenters. The number of hydrogen-bond donors (Lipinski definition) is 1. The van der Waals surface area contributed by atoms with Crippen LogP contribution in [-0.4, -0.2) is 24.6 Å². The third-order valence-corrected chi connectivity index (χ3v) is 2.87. The van der Waals surface area contributed by atoms with Crippen LogP contribution in [0.1, 0.15) is 12.5 Å². The summed E-state index contributed by atoms with van der Waals surface area (Å²) in [4.78, 5) is 0.496. The van der Waals surface area contributed by atoms with Crippen molar-refractivity contribution in [3.63, 3.8) is 0 Å². The lowest BCUT2D eigenvalue weighted by molar-refractivity contribution is 0.194. The summed E-state index contributed by atoms with van der Waals surface area (Å²) in [5.41, 5.74) is 0.523. The van der Waals surface area contributed by atoms with E-state index in [-0.39, 0.29) is 5.82 Å². The van der Waals surface area contributed by atoms with Crippen molar-refractivity contribution in [3.8, 4) is 5.75 Å². The van der Waals surface area contributed by atoms with Gasteiger partial charge in [0.2, 0.25) is 0 Å². The molecule has 1 N–H and O–H groups in total. The molecule has 0 amide bonds. The molecule has 1 rings (SSSR count). The number of rotatable bonds is 4. The monoisotopic (exact) mass is 230 g/mol. The molecule has 0 saturated heterocycles. The number of methoxy groups -OCH3 is 1. The lowest BCUT2D eigenvalue weighted by Gasteiger charge is -2.12. The third-order valence-electron chi connectivity index (χ3n) is 2.08. The van der Waals surface area contributed by atoms with Crippen LogP contribution in [0.25, 0.3) is 0 Å². The van der Waals surface area contributed by atoms with Crippen molar-refractivity contribution in [1.29, 1.82) is 0 Å². The zero-order chi connectivity index (χ0) is 11.4. The summed E-state index contributed by atoms with van der Waals surface area (Å²) < 4.78 is 18.9. The van der Waals surface area contributed by atoms with Gasteiger partial charge in [0.15, 0.2) is 0 Å². The zero-order valence-electron chi connectivity index (χ0n) is 9.08. The molecule has 0 bridgehead atoms. The summed E-state index contributed by atoms with van der Waals surface area (Å²) in [5.74, 6) is 0.247. The smallest absolute Gasteiger partial charge is 0.143 e. The van der Waals surface area contributed by atoms with Gasteiger partial charge in [0.05, 0.1) is 18.1 Å². The summed E-state index contributed by atoms with van der Waals surface area (Å²) in [7, 11) is 1.52. The highest BCUT2D eigenvalue weighted by Crippen LogP contribution is 2.32. The SMILES string of the molecule is COc1ccc(CC(C)O)c(F)c1SC. The first-order valence-electron chi connectivity index (χ1n) is 4.67. The first-order valence-corrected chi connectivity index (χ1v) is 5.90. The second-order valence-electron chi connectivity index (χ2n) is 3.33. The van der Waals surface area contributed by atoms with Crippen LogP contribution in [0.4, 0.5) is 4.39 Å². The average Bonchev–Trinajstić information content (AvgIpc) is 2.20. The van der Waals surface area contributed by atoms with Gasteiger partial charge in [-0.05, 0) is 24.8 Å². The Bertz CT molecular complexity index is 340. The molecule has 1 aromatic rings. The van der Waals surface area contributed by atoms with E-state index in [4.69, 9.17) is 4.74 Å². The fourth-order valence-corrected chi connectivity index (χ4v) is 2.07. The van der Waals surface area contributed by atoms with Crippen LogP contribution in [0.2, 0.25) is 0 Å². The quantitative estimate of drug-likeness (QED) is 0.806. The van der Waals surface area contributed by atoms with Gasteiger partial charge in [-0.15, -0.1) is 11.8 Å². The van der Waals surface area contributed by atoms with E-state index in [1.807, 2.05) is 0 Å². The van der Waals surface area contributed by atoms with E-state index in [0.717, 1.165) is 0 Å². The van der Waals surface area contributed by atoms with Crippen molar-refractivity contribution in [1.82, 2.24) is 0 Å². The highest BCUT2D eigenvalue weighted by atomic mass is 32.2. The molecule has 0 aliphatic heterocycles. The van der Waals surface area contributed by atoms with Crippen LogP contribution in [-0.2, 0) is 6.42 Å². The van der Waals surface area contributed by atoms with Gasteiger partial charge in [-0.2, -0.15) is 0 Å². The Morgan fingerprint density at radius 3 is 2.67 bits per heavy atom. The van der Waals surface area contributed by atoms with Crippen LogP contribution in [0.5, 0.6) is 5.75 Å². The molecule has 0 radical (unpaired) electrons. The van der Waals surface area contributed by atoms with Crippen molar-refractivity contribution in [3.05, 3.63) is 23.5 Å². The van der Waals surface area contributed by atoms with E-state index in [0.29, 0.717) is 22.6 Å².